The van der Waals surface area contributed by atoms with Gasteiger partial charge in [-0.3, -0.25) is 4.98 Å². The molecule has 1 aliphatic heterocycles. The highest BCUT2D eigenvalue weighted by molar-refractivity contribution is 5.36. The van der Waals surface area contributed by atoms with Crippen molar-refractivity contribution in [2.24, 2.45) is 5.92 Å². The minimum absolute atomic E-state index is 0.246. The predicted octanol–water partition coefficient (Wildman–Crippen LogP) is 2.80. The van der Waals surface area contributed by atoms with E-state index in [0.29, 0.717) is 0 Å². The van der Waals surface area contributed by atoms with E-state index in [0.717, 1.165) is 43.4 Å². The average molecular weight is 324 g/mol. The van der Waals surface area contributed by atoms with Crippen molar-refractivity contribution >= 4 is 5.95 Å². The highest BCUT2D eigenvalue weighted by atomic mass is 16.5. The first-order valence-electron chi connectivity index (χ1n) is 8.85. The predicted molar refractivity (Wildman–Crippen MR) is 92.9 cm³/mol. The first-order chi connectivity index (χ1) is 11.8. The molecule has 3 heterocycles. The Kier molecular flexibility index (Phi) is 4.43. The fourth-order valence-electron chi connectivity index (χ4n) is 3.35. The zero-order valence-electron chi connectivity index (χ0n) is 14.1. The zero-order chi connectivity index (χ0) is 16.4. The summed E-state index contributed by atoms with van der Waals surface area (Å²) in [7, 11) is 0. The zero-order valence-corrected chi connectivity index (χ0v) is 14.1. The van der Waals surface area contributed by atoms with Crippen LogP contribution in [0.25, 0.3) is 0 Å². The number of hydrogen-bond donors (Lipinski definition) is 0. The summed E-state index contributed by atoms with van der Waals surface area (Å²) in [4.78, 5) is 15.6. The summed E-state index contributed by atoms with van der Waals surface area (Å²) in [5.41, 5.74) is 2.32. The molecule has 0 unspecified atom stereocenters. The number of hydrogen-bond acceptors (Lipinski definition) is 5. The van der Waals surface area contributed by atoms with Gasteiger partial charge in [0.25, 0.3) is 0 Å². The maximum Gasteiger partial charge on any atom is 0.225 e. The molecule has 1 saturated heterocycles. The third-order valence-electron chi connectivity index (χ3n) is 4.92. The van der Waals surface area contributed by atoms with Crippen LogP contribution >= 0.6 is 0 Å². The molecule has 24 heavy (non-hydrogen) atoms. The Hall–Kier alpha value is -2.01. The van der Waals surface area contributed by atoms with E-state index >= 15 is 0 Å². The Morgan fingerprint density at radius 2 is 2.00 bits per heavy atom. The lowest BCUT2D eigenvalue weighted by atomic mass is 10.0. The summed E-state index contributed by atoms with van der Waals surface area (Å²) in [5, 5.41) is 0. The van der Waals surface area contributed by atoms with Crippen LogP contribution in [0.2, 0.25) is 0 Å². The van der Waals surface area contributed by atoms with Gasteiger partial charge in [0.15, 0.2) is 0 Å². The number of pyridine rings is 1. The van der Waals surface area contributed by atoms with E-state index in [1.807, 2.05) is 37.8 Å². The van der Waals surface area contributed by atoms with Gasteiger partial charge in [-0.2, -0.15) is 0 Å². The van der Waals surface area contributed by atoms with E-state index in [2.05, 4.69) is 25.9 Å². The van der Waals surface area contributed by atoms with Crippen LogP contribution in [0.4, 0.5) is 5.95 Å². The van der Waals surface area contributed by atoms with Crippen LogP contribution in [0.1, 0.15) is 30.4 Å². The highest BCUT2D eigenvalue weighted by Gasteiger charge is 2.37. The molecule has 0 bridgehead atoms. The summed E-state index contributed by atoms with van der Waals surface area (Å²) in [6, 6.07) is 4.41. The summed E-state index contributed by atoms with van der Waals surface area (Å²) < 4.78 is 6.27. The lowest BCUT2D eigenvalue weighted by molar-refractivity contribution is 0.0406. The van der Waals surface area contributed by atoms with Crippen molar-refractivity contribution in [2.45, 2.75) is 44.8 Å². The number of aryl methyl sites for hydroxylation is 1. The molecule has 1 saturated carbocycles. The fourth-order valence-corrected chi connectivity index (χ4v) is 3.35. The number of rotatable bonds is 6. The van der Waals surface area contributed by atoms with Gasteiger partial charge in [0.05, 0.1) is 12.1 Å². The van der Waals surface area contributed by atoms with Crippen molar-refractivity contribution < 1.29 is 4.74 Å². The molecule has 126 valence electrons. The van der Waals surface area contributed by atoms with Crippen molar-refractivity contribution in [2.75, 3.05) is 18.1 Å². The molecule has 2 aromatic heterocycles. The minimum Gasteiger partial charge on any atom is -0.376 e. The van der Waals surface area contributed by atoms with E-state index in [-0.39, 0.29) is 12.1 Å². The van der Waals surface area contributed by atoms with Crippen LogP contribution in [0, 0.1) is 12.8 Å². The van der Waals surface area contributed by atoms with Crippen molar-refractivity contribution in [1.29, 1.82) is 0 Å². The Bertz CT molecular complexity index is 657. The second kappa shape index (κ2) is 6.85. The quantitative estimate of drug-likeness (QED) is 0.818. The fraction of sp³-hybridized carbons (Fsp3) is 0.526. The molecule has 5 heteroatoms. The Morgan fingerprint density at radius 3 is 2.71 bits per heavy atom. The van der Waals surface area contributed by atoms with Gasteiger partial charge in [-0.25, -0.2) is 9.97 Å². The monoisotopic (exact) mass is 324 g/mol. The lowest BCUT2D eigenvalue weighted by Gasteiger charge is -2.28. The number of ether oxygens (including phenoxy) is 1. The number of aromatic nitrogens is 3. The van der Waals surface area contributed by atoms with E-state index in [9.17, 15) is 0 Å². The molecular formula is C19H24N4O. The third kappa shape index (κ3) is 3.56. The van der Waals surface area contributed by atoms with Crippen molar-refractivity contribution in [1.82, 2.24) is 15.0 Å². The first-order valence-corrected chi connectivity index (χ1v) is 8.85. The normalized spacial score (nSPS) is 23.6. The lowest BCUT2D eigenvalue weighted by Crippen LogP contribution is -2.39. The molecule has 2 aliphatic rings. The molecule has 4 rings (SSSR count). The largest absolute Gasteiger partial charge is 0.376 e. The molecule has 1 aliphatic carbocycles. The molecule has 2 atom stereocenters. The molecular weight excluding hydrogens is 300 g/mol. The van der Waals surface area contributed by atoms with Gasteiger partial charge >= 0.3 is 0 Å². The summed E-state index contributed by atoms with van der Waals surface area (Å²) in [5.74, 6) is 1.60. The molecule has 0 aromatic carbocycles. The first kappa shape index (κ1) is 15.5. The highest BCUT2D eigenvalue weighted by Crippen LogP contribution is 2.32. The van der Waals surface area contributed by atoms with Gasteiger partial charge in [-0.05, 0) is 55.7 Å². The Morgan fingerprint density at radius 1 is 1.17 bits per heavy atom. The van der Waals surface area contributed by atoms with Gasteiger partial charge in [0, 0.05) is 37.9 Å². The third-order valence-corrected chi connectivity index (χ3v) is 4.92. The van der Waals surface area contributed by atoms with Crippen LogP contribution in [0.5, 0.6) is 0 Å². The summed E-state index contributed by atoms with van der Waals surface area (Å²) in [6.45, 7) is 3.86. The van der Waals surface area contributed by atoms with Crippen LogP contribution < -0.4 is 4.90 Å². The van der Waals surface area contributed by atoms with E-state index in [1.54, 1.807) is 0 Å². The van der Waals surface area contributed by atoms with Crippen LogP contribution in [-0.4, -0.2) is 40.2 Å². The molecule has 0 N–H and O–H groups in total. The molecule has 0 radical (unpaired) electrons. The number of nitrogens with zero attached hydrogens (tertiary/aromatic N) is 4. The van der Waals surface area contributed by atoms with Gasteiger partial charge in [0.1, 0.15) is 0 Å². The maximum absolute atomic E-state index is 6.27. The number of anilines is 1. The Labute approximate surface area is 143 Å². The molecule has 0 amide bonds. The summed E-state index contributed by atoms with van der Waals surface area (Å²) >= 11 is 0. The van der Waals surface area contributed by atoms with Gasteiger partial charge in [-0.1, -0.05) is 6.07 Å². The topological polar surface area (TPSA) is 51.1 Å². The van der Waals surface area contributed by atoms with E-state index < -0.39 is 0 Å². The van der Waals surface area contributed by atoms with Gasteiger partial charge in [-0.15, -0.1) is 0 Å². The van der Waals surface area contributed by atoms with Crippen molar-refractivity contribution in [3.05, 3.63) is 48.0 Å². The molecule has 0 spiro atoms. The van der Waals surface area contributed by atoms with Crippen LogP contribution in [-0.2, 0) is 11.2 Å². The molecule has 2 fully saturated rings. The molecule has 5 nitrogen and oxygen atoms in total. The average Bonchev–Trinajstić information content (AvgIpc) is 3.36. The van der Waals surface area contributed by atoms with E-state index in [1.165, 1.54) is 18.4 Å². The van der Waals surface area contributed by atoms with Crippen molar-refractivity contribution in [3.8, 4) is 0 Å². The van der Waals surface area contributed by atoms with E-state index in [4.69, 9.17) is 4.74 Å². The van der Waals surface area contributed by atoms with Gasteiger partial charge in [0.2, 0.25) is 5.95 Å². The molecule has 2 aromatic rings. The Balaban J connectivity index is 1.53. The van der Waals surface area contributed by atoms with Crippen LogP contribution in [0.3, 0.4) is 0 Å². The van der Waals surface area contributed by atoms with Crippen LogP contribution in [0.15, 0.2) is 36.9 Å². The second-order valence-electron chi connectivity index (χ2n) is 6.99. The second-order valence-corrected chi connectivity index (χ2v) is 6.99. The van der Waals surface area contributed by atoms with Crippen molar-refractivity contribution in [3.63, 3.8) is 0 Å². The minimum atomic E-state index is 0.246. The standard InChI is InChI=1S/C19H24N4O/c1-14-10-21-19(22-11-14)23-8-6-18(24-13-15-4-5-15)17(23)9-16-3-2-7-20-12-16/h2-3,7,10-12,15,17-18H,4-6,8-9,13H2,1H3/t17-,18-/m0/s1. The summed E-state index contributed by atoms with van der Waals surface area (Å²) in [6.07, 6.45) is 12.4. The SMILES string of the molecule is Cc1cnc(N2CC[C@H](OCC3CC3)[C@@H]2Cc2cccnc2)nc1. The smallest absolute Gasteiger partial charge is 0.225 e. The van der Waals surface area contributed by atoms with Gasteiger partial charge < -0.3 is 9.64 Å². The maximum atomic E-state index is 6.27.